The Hall–Kier alpha value is -0.120. The number of alkyl halides is 1. The van der Waals surface area contributed by atoms with Crippen molar-refractivity contribution in [1.82, 2.24) is 0 Å². The molecule has 0 aromatic heterocycles. The highest BCUT2D eigenvalue weighted by molar-refractivity contribution is 9.09. The molecule has 64 valence electrons. The Morgan fingerprint density at radius 1 is 1.55 bits per heavy atom. The van der Waals surface area contributed by atoms with Gasteiger partial charge in [-0.15, -0.1) is 0 Å². The number of hydrogen-bond donors (Lipinski definition) is 0. The van der Waals surface area contributed by atoms with Gasteiger partial charge < -0.3 is 0 Å². The third-order valence-electron chi connectivity index (χ3n) is 2.27. The monoisotopic (exact) mass is 221 g/mol. The Balaban J connectivity index is 2.39. The molecule has 2 unspecified atom stereocenters. The van der Waals surface area contributed by atoms with E-state index in [9.17, 15) is 10.1 Å². The van der Waals surface area contributed by atoms with Gasteiger partial charge in [-0.1, -0.05) is 15.9 Å². The molecule has 0 heterocycles. The zero-order valence-electron chi connectivity index (χ0n) is 6.33. The van der Waals surface area contributed by atoms with Crippen molar-refractivity contribution in [2.24, 2.45) is 5.92 Å². The number of rotatable bonds is 2. The van der Waals surface area contributed by atoms with E-state index in [2.05, 4.69) is 15.9 Å². The van der Waals surface area contributed by atoms with Crippen LogP contribution in [0.5, 0.6) is 0 Å². The van der Waals surface area contributed by atoms with E-state index in [1.807, 2.05) is 0 Å². The molecule has 1 aliphatic carbocycles. The molecule has 0 aromatic carbocycles. The fourth-order valence-corrected chi connectivity index (χ4v) is 2.18. The van der Waals surface area contributed by atoms with Gasteiger partial charge in [-0.3, -0.25) is 10.1 Å². The molecular formula is C7H12BrNO2. The van der Waals surface area contributed by atoms with Crippen LogP contribution in [0.4, 0.5) is 0 Å². The maximum atomic E-state index is 10.4. The molecule has 0 saturated heterocycles. The lowest BCUT2D eigenvalue weighted by molar-refractivity contribution is -0.527. The van der Waals surface area contributed by atoms with Gasteiger partial charge in [0, 0.05) is 23.1 Å². The Kier molecular flexibility index (Phi) is 3.30. The van der Waals surface area contributed by atoms with Crippen LogP contribution >= 0.6 is 15.9 Å². The van der Waals surface area contributed by atoms with Crippen molar-refractivity contribution in [3.05, 3.63) is 10.1 Å². The van der Waals surface area contributed by atoms with Crippen molar-refractivity contribution >= 4 is 15.9 Å². The lowest BCUT2D eigenvalue weighted by Crippen LogP contribution is -2.27. The van der Waals surface area contributed by atoms with Crippen LogP contribution in [0.25, 0.3) is 0 Å². The van der Waals surface area contributed by atoms with E-state index < -0.39 is 0 Å². The zero-order chi connectivity index (χ0) is 8.27. The number of nitrogens with zero attached hydrogens (tertiary/aromatic N) is 1. The molecular weight excluding hydrogens is 210 g/mol. The van der Waals surface area contributed by atoms with Crippen molar-refractivity contribution < 1.29 is 4.92 Å². The van der Waals surface area contributed by atoms with Crippen molar-refractivity contribution in [2.45, 2.75) is 31.7 Å². The maximum absolute atomic E-state index is 10.4. The molecule has 0 N–H and O–H groups in total. The third kappa shape index (κ3) is 2.43. The second-order valence-corrected chi connectivity index (χ2v) is 3.77. The predicted molar refractivity (Wildman–Crippen MR) is 46.5 cm³/mol. The summed E-state index contributed by atoms with van der Waals surface area (Å²) in [6.07, 6.45) is 3.70. The first-order valence-corrected chi connectivity index (χ1v) is 5.05. The Labute approximate surface area is 74.4 Å². The largest absolute Gasteiger partial charge is 0.264 e. The molecule has 0 radical (unpaired) electrons. The smallest absolute Gasteiger partial charge is 0.213 e. The van der Waals surface area contributed by atoms with Crippen LogP contribution in [0.1, 0.15) is 25.7 Å². The topological polar surface area (TPSA) is 43.1 Å². The molecule has 1 rings (SSSR count). The summed E-state index contributed by atoms with van der Waals surface area (Å²) in [6, 6.07) is -0.272. The molecule has 4 heteroatoms. The first-order valence-electron chi connectivity index (χ1n) is 3.93. The molecule has 0 spiro atoms. The van der Waals surface area contributed by atoms with E-state index in [-0.39, 0.29) is 11.0 Å². The van der Waals surface area contributed by atoms with Crippen LogP contribution in [0.2, 0.25) is 0 Å². The summed E-state index contributed by atoms with van der Waals surface area (Å²) in [5.74, 6) is 0.527. The molecule has 11 heavy (non-hydrogen) atoms. The molecule has 1 saturated carbocycles. The van der Waals surface area contributed by atoms with Gasteiger partial charge >= 0.3 is 0 Å². The Bertz CT molecular complexity index is 151. The Morgan fingerprint density at radius 3 is 2.82 bits per heavy atom. The highest BCUT2D eigenvalue weighted by atomic mass is 79.9. The second kappa shape index (κ2) is 4.04. The van der Waals surface area contributed by atoms with E-state index >= 15 is 0 Å². The summed E-state index contributed by atoms with van der Waals surface area (Å²) in [5.41, 5.74) is 0. The highest BCUT2D eigenvalue weighted by Crippen LogP contribution is 2.26. The summed E-state index contributed by atoms with van der Waals surface area (Å²) in [5, 5.41) is 11.3. The van der Waals surface area contributed by atoms with E-state index in [0.717, 1.165) is 31.0 Å². The van der Waals surface area contributed by atoms with Crippen LogP contribution in [-0.4, -0.2) is 16.3 Å². The first kappa shape index (κ1) is 8.97. The quantitative estimate of drug-likeness (QED) is 0.408. The van der Waals surface area contributed by atoms with E-state index in [0.29, 0.717) is 5.92 Å². The van der Waals surface area contributed by atoms with Crippen LogP contribution in [0.3, 0.4) is 0 Å². The maximum Gasteiger partial charge on any atom is 0.213 e. The molecule has 0 amide bonds. The number of hydrogen-bond acceptors (Lipinski definition) is 2. The highest BCUT2D eigenvalue weighted by Gasteiger charge is 2.28. The van der Waals surface area contributed by atoms with E-state index in [1.165, 1.54) is 0 Å². The van der Waals surface area contributed by atoms with Gasteiger partial charge in [0.05, 0.1) is 0 Å². The standard InChI is InChI=1S/C7H12BrNO2/c8-5-6-2-1-3-7(4-6)9(10)11/h6-7H,1-5H2. The minimum Gasteiger partial charge on any atom is -0.264 e. The van der Waals surface area contributed by atoms with Crippen LogP contribution in [0, 0.1) is 16.0 Å². The van der Waals surface area contributed by atoms with Gasteiger partial charge in [0.25, 0.3) is 0 Å². The molecule has 1 fully saturated rings. The molecule has 3 nitrogen and oxygen atoms in total. The van der Waals surface area contributed by atoms with Crippen LogP contribution in [-0.2, 0) is 0 Å². The van der Waals surface area contributed by atoms with Crippen LogP contribution < -0.4 is 0 Å². The lowest BCUT2D eigenvalue weighted by atomic mass is 9.87. The molecule has 0 aromatic rings. The SMILES string of the molecule is O=[N+]([O-])C1CCCC(CBr)C1. The van der Waals surface area contributed by atoms with Gasteiger partial charge in [0.15, 0.2) is 0 Å². The average Bonchev–Trinajstić information content (AvgIpc) is 2.05. The minimum absolute atomic E-state index is 0.130. The fourth-order valence-electron chi connectivity index (χ4n) is 1.59. The zero-order valence-corrected chi connectivity index (χ0v) is 7.92. The fraction of sp³-hybridized carbons (Fsp3) is 1.00. The second-order valence-electron chi connectivity index (χ2n) is 3.13. The minimum atomic E-state index is -0.272. The van der Waals surface area contributed by atoms with Gasteiger partial charge in [-0.05, 0) is 18.8 Å². The third-order valence-corrected chi connectivity index (χ3v) is 3.19. The molecule has 1 aliphatic rings. The molecule has 0 bridgehead atoms. The van der Waals surface area contributed by atoms with Crippen LogP contribution in [0.15, 0.2) is 0 Å². The summed E-state index contributed by atoms with van der Waals surface area (Å²) in [4.78, 5) is 10.3. The van der Waals surface area contributed by atoms with E-state index in [1.54, 1.807) is 0 Å². The summed E-state index contributed by atoms with van der Waals surface area (Å²) < 4.78 is 0. The normalized spacial score (nSPS) is 31.7. The van der Waals surface area contributed by atoms with Gasteiger partial charge in [-0.25, -0.2) is 0 Å². The summed E-state index contributed by atoms with van der Waals surface area (Å²) in [7, 11) is 0. The number of halogens is 1. The lowest BCUT2D eigenvalue weighted by Gasteiger charge is -2.21. The van der Waals surface area contributed by atoms with Gasteiger partial charge in [0.1, 0.15) is 0 Å². The molecule has 2 atom stereocenters. The Morgan fingerprint density at radius 2 is 2.27 bits per heavy atom. The summed E-state index contributed by atoms with van der Waals surface area (Å²) >= 11 is 3.36. The molecule has 0 aliphatic heterocycles. The van der Waals surface area contributed by atoms with Crippen molar-refractivity contribution in [3.8, 4) is 0 Å². The van der Waals surface area contributed by atoms with Gasteiger partial charge in [-0.2, -0.15) is 0 Å². The van der Waals surface area contributed by atoms with Crippen molar-refractivity contribution in [1.29, 1.82) is 0 Å². The van der Waals surface area contributed by atoms with Gasteiger partial charge in [0.2, 0.25) is 6.04 Å². The van der Waals surface area contributed by atoms with E-state index in [4.69, 9.17) is 0 Å². The average molecular weight is 222 g/mol. The predicted octanol–water partition coefficient (Wildman–Crippen LogP) is 2.22. The van der Waals surface area contributed by atoms with Crippen molar-refractivity contribution in [3.63, 3.8) is 0 Å². The van der Waals surface area contributed by atoms with Crippen molar-refractivity contribution in [2.75, 3.05) is 5.33 Å². The number of nitro groups is 1. The first-order chi connectivity index (χ1) is 5.24. The summed E-state index contributed by atoms with van der Waals surface area (Å²) in [6.45, 7) is 0.